The van der Waals surface area contributed by atoms with E-state index in [1.807, 2.05) is 0 Å². The van der Waals surface area contributed by atoms with E-state index >= 15 is 0 Å². The highest BCUT2D eigenvalue weighted by molar-refractivity contribution is 6.25. The highest BCUT2D eigenvalue weighted by Crippen LogP contribution is 2.12. The largest absolute Gasteiger partial charge is 0.480 e. The summed E-state index contributed by atoms with van der Waals surface area (Å²) in [6.07, 6.45) is 1.95. The molecule has 0 saturated carbocycles. The van der Waals surface area contributed by atoms with E-state index < -0.39 is 29.8 Å². The number of ketones is 1. The Bertz CT molecular complexity index is 614. The van der Waals surface area contributed by atoms with Crippen LogP contribution in [-0.4, -0.2) is 56.9 Å². The predicted molar refractivity (Wildman–Crippen MR) is 75.3 cm³/mol. The third-order valence-corrected chi connectivity index (χ3v) is 2.79. The summed E-state index contributed by atoms with van der Waals surface area (Å²) in [5, 5.41) is 11.4. The van der Waals surface area contributed by atoms with Gasteiger partial charge < -0.3 is 20.7 Å². The molecule has 2 atom stereocenters. The summed E-state index contributed by atoms with van der Waals surface area (Å²) in [7, 11) is 1.26. The first kappa shape index (κ1) is 18.1. The number of nitrogens with zero attached hydrogens (tertiary/aromatic N) is 4. The van der Waals surface area contributed by atoms with Gasteiger partial charge in [-0.2, -0.15) is 4.79 Å². The quantitative estimate of drug-likeness (QED) is 0.349. The molecule has 0 saturated heterocycles. The van der Waals surface area contributed by atoms with Gasteiger partial charge in [0.25, 0.3) is 5.91 Å². The molecule has 1 rings (SSSR count). The molecule has 2 N–H and O–H groups in total. The molecular weight excluding hydrogens is 306 g/mol. The molecule has 0 aliphatic rings. The Hall–Kier alpha value is -2.97. The van der Waals surface area contributed by atoms with Crippen molar-refractivity contribution in [2.24, 2.45) is 0 Å². The maximum Gasteiger partial charge on any atom is 0.326 e. The second-order valence-corrected chi connectivity index (χ2v) is 4.37. The van der Waals surface area contributed by atoms with E-state index in [-0.39, 0.29) is 18.7 Å². The van der Waals surface area contributed by atoms with E-state index in [9.17, 15) is 14.4 Å². The van der Waals surface area contributed by atoms with E-state index in [2.05, 4.69) is 20.1 Å². The number of hydrogen-bond donors (Lipinski definition) is 2. The van der Waals surface area contributed by atoms with Gasteiger partial charge in [0.2, 0.25) is 5.78 Å². The number of Topliss-reactive ketones (excluding diaryl/α,β-unsaturated/α-hetero) is 1. The normalized spacial score (nSPS) is 12.6. The Balaban J connectivity index is 2.74. The lowest BCUT2D eigenvalue weighted by Crippen LogP contribution is -2.44. The molecule has 23 heavy (non-hydrogen) atoms. The van der Waals surface area contributed by atoms with Crippen LogP contribution in [0.25, 0.3) is 5.53 Å². The van der Waals surface area contributed by atoms with Crippen molar-refractivity contribution in [1.82, 2.24) is 15.3 Å². The first-order chi connectivity index (χ1) is 11.0. The standard InChI is InChI=1S/C13H15N5O5/c1-23-10(11-15-5-2-6-16-11)12(20)18-9(13(21)22)4-3-8(19)7-17-14/h2,5-7,9-10H,3-4H2,1H3,(H,18,20)(H,21,22)/t9-,10+/m0/s1. The van der Waals surface area contributed by atoms with Gasteiger partial charge in [0, 0.05) is 25.9 Å². The monoisotopic (exact) mass is 321 g/mol. The van der Waals surface area contributed by atoms with Gasteiger partial charge in [-0.25, -0.2) is 14.8 Å². The van der Waals surface area contributed by atoms with Crippen LogP contribution in [-0.2, 0) is 19.1 Å². The van der Waals surface area contributed by atoms with Gasteiger partial charge in [0.15, 0.2) is 11.9 Å². The van der Waals surface area contributed by atoms with Crippen molar-refractivity contribution in [3.8, 4) is 0 Å². The zero-order valence-corrected chi connectivity index (χ0v) is 12.2. The Morgan fingerprint density at radius 3 is 2.61 bits per heavy atom. The van der Waals surface area contributed by atoms with E-state index in [1.165, 1.54) is 19.5 Å². The third kappa shape index (κ3) is 5.73. The van der Waals surface area contributed by atoms with Crippen LogP contribution in [0.5, 0.6) is 0 Å². The molecule has 1 aromatic rings. The highest BCUT2D eigenvalue weighted by Gasteiger charge is 2.28. The maximum absolute atomic E-state index is 12.1. The van der Waals surface area contributed by atoms with E-state index in [0.29, 0.717) is 6.21 Å². The number of methoxy groups -OCH3 is 1. The molecule has 1 aromatic heterocycles. The lowest BCUT2D eigenvalue weighted by molar-refractivity contribution is -0.144. The number of carboxylic acid groups (broad SMARTS) is 1. The van der Waals surface area contributed by atoms with Gasteiger partial charge in [-0.15, -0.1) is 0 Å². The Kier molecular flexibility index (Phi) is 7.18. The van der Waals surface area contributed by atoms with Crippen molar-refractivity contribution in [2.45, 2.75) is 25.0 Å². The molecule has 0 aliphatic carbocycles. The van der Waals surface area contributed by atoms with Crippen molar-refractivity contribution in [3.05, 3.63) is 29.8 Å². The van der Waals surface area contributed by atoms with E-state index in [0.717, 1.165) is 0 Å². The maximum atomic E-state index is 12.1. The van der Waals surface area contributed by atoms with Crippen molar-refractivity contribution < 1.29 is 29.0 Å². The van der Waals surface area contributed by atoms with Gasteiger partial charge in [-0.1, -0.05) is 0 Å². The molecule has 0 radical (unpaired) electrons. The molecule has 0 unspecified atom stereocenters. The Labute approximate surface area is 131 Å². The van der Waals surface area contributed by atoms with Crippen LogP contribution < -0.4 is 5.32 Å². The minimum atomic E-state index is -1.31. The molecular formula is C13H15N5O5. The molecule has 10 nitrogen and oxygen atoms in total. The zero-order chi connectivity index (χ0) is 17.2. The van der Waals surface area contributed by atoms with Gasteiger partial charge in [-0.3, -0.25) is 9.59 Å². The van der Waals surface area contributed by atoms with Crippen LogP contribution in [0.3, 0.4) is 0 Å². The molecule has 1 heterocycles. The number of rotatable bonds is 9. The van der Waals surface area contributed by atoms with Crippen molar-refractivity contribution in [3.63, 3.8) is 0 Å². The average molecular weight is 321 g/mol. The lowest BCUT2D eigenvalue weighted by atomic mass is 10.1. The molecule has 122 valence electrons. The second kappa shape index (κ2) is 9.13. The van der Waals surface area contributed by atoms with Crippen molar-refractivity contribution in [2.75, 3.05) is 7.11 Å². The number of amides is 1. The molecule has 0 aromatic carbocycles. The molecule has 0 spiro atoms. The number of hydrogen-bond acceptors (Lipinski definition) is 6. The summed E-state index contributed by atoms with van der Waals surface area (Å²) in [5.74, 6) is -2.53. The molecule has 0 aliphatic heterocycles. The number of aliphatic carboxylic acids is 1. The van der Waals surface area contributed by atoms with Gasteiger partial charge in [-0.05, 0) is 12.5 Å². The fourth-order valence-corrected chi connectivity index (χ4v) is 1.70. The zero-order valence-electron chi connectivity index (χ0n) is 12.2. The summed E-state index contributed by atoms with van der Waals surface area (Å²) in [5.41, 5.74) is 8.22. The first-order valence-electron chi connectivity index (χ1n) is 6.52. The average Bonchev–Trinajstić information content (AvgIpc) is 2.53. The molecule has 1 amide bonds. The van der Waals surface area contributed by atoms with Crippen LogP contribution in [0, 0.1) is 0 Å². The third-order valence-electron chi connectivity index (χ3n) is 2.79. The fraction of sp³-hybridized carbons (Fsp3) is 0.385. The van der Waals surface area contributed by atoms with Crippen molar-refractivity contribution in [1.29, 1.82) is 0 Å². The van der Waals surface area contributed by atoms with Gasteiger partial charge in [0.05, 0.1) is 0 Å². The summed E-state index contributed by atoms with van der Waals surface area (Å²) in [4.78, 5) is 44.8. The number of ether oxygens (including phenoxy) is 1. The fourth-order valence-electron chi connectivity index (χ4n) is 1.70. The summed E-state index contributed by atoms with van der Waals surface area (Å²) in [6, 6.07) is 0.252. The SMILES string of the molecule is CO[C@@H](C(=O)N[C@@H](CCC(=O)C=[N+]=[N-])C(=O)O)c1ncccn1. The van der Waals surface area contributed by atoms with Crippen LogP contribution in [0.15, 0.2) is 18.5 Å². The minimum Gasteiger partial charge on any atom is -0.480 e. The van der Waals surface area contributed by atoms with E-state index in [1.54, 1.807) is 6.07 Å². The smallest absolute Gasteiger partial charge is 0.326 e. The number of aromatic nitrogens is 2. The highest BCUT2D eigenvalue weighted by atomic mass is 16.5. The molecule has 0 bridgehead atoms. The molecule has 10 heteroatoms. The van der Waals surface area contributed by atoms with E-state index in [4.69, 9.17) is 15.4 Å². The van der Waals surface area contributed by atoms with Crippen LogP contribution in [0.2, 0.25) is 0 Å². The van der Waals surface area contributed by atoms with Crippen LogP contribution in [0.1, 0.15) is 24.8 Å². The predicted octanol–water partition coefficient (Wildman–Crippen LogP) is -0.617. The topological polar surface area (TPSA) is 155 Å². The van der Waals surface area contributed by atoms with Gasteiger partial charge in [0.1, 0.15) is 6.04 Å². The second-order valence-electron chi connectivity index (χ2n) is 4.37. The number of carbonyl (C=O) groups excluding carboxylic acids is 2. The summed E-state index contributed by atoms with van der Waals surface area (Å²) >= 11 is 0. The van der Waals surface area contributed by atoms with Crippen molar-refractivity contribution >= 4 is 23.9 Å². The summed E-state index contributed by atoms with van der Waals surface area (Å²) < 4.78 is 4.99. The summed E-state index contributed by atoms with van der Waals surface area (Å²) in [6.45, 7) is 0. The first-order valence-corrected chi connectivity index (χ1v) is 6.52. The molecule has 0 fully saturated rings. The van der Waals surface area contributed by atoms with Crippen LogP contribution in [0.4, 0.5) is 0 Å². The van der Waals surface area contributed by atoms with Gasteiger partial charge >= 0.3 is 12.2 Å². The number of nitrogens with one attached hydrogen (secondary N) is 1. The lowest BCUT2D eigenvalue weighted by Gasteiger charge is -2.18. The number of carbonyl (C=O) groups is 3. The van der Waals surface area contributed by atoms with Crippen LogP contribution >= 0.6 is 0 Å². The Morgan fingerprint density at radius 1 is 1.43 bits per heavy atom. The minimum absolute atomic E-state index is 0.0835. The number of carboxylic acids is 1. The Morgan fingerprint density at radius 2 is 2.09 bits per heavy atom.